The van der Waals surface area contributed by atoms with Gasteiger partial charge in [0.2, 0.25) is 0 Å². The third kappa shape index (κ3) is 31.3. The summed E-state index contributed by atoms with van der Waals surface area (Å²) < 4.78 is 0. The van der Waals surface area contributed by atoms with Crippen LogP contribution in [0.3, 0.4) is 0 Å². The van der Waals surface area contributed by atoms with Crippen molar-refractivity contribution in [3.8, 4) is 0 Å². The second-order valence-corrected chi connectivity index (χ2v) is 3.66. The minimum absolute atomic E-state index is 0. The summed E-state index contributed by atoms with van der Waals surface area (Å²) in [5.41, 5.74) is 0. The van der Waals surface area contributed by atoms with Gasteiger partial charge in [0, 0.05) is 11.9 Å². The third-order valence-corrected chi connectivity index (χ3v) is 1.97. The van der Waals surface area contributed by atoms with Gasteiger partial charge >= 0.3 is 19.5 Å². The van der Waals surface area contributed by atoms with Crippen LogP contribution in [-0.4, -0.2) is 11.9 Å². The molecular weight excluding hydrogens is 274 g/mol. The van der Waals surface area contributed by atoms with Crippen molar-refractivity contribution >= 4 is 11.9 Å². The normalized spacial score (nSPS) is 8.59. The van der Waals surface area contributed by atoms with Gasteiger partial charge in [0.05, 0.1) is 0 Å². The summed E-state index contributed by atoms with van der Waals surface area (Å²) in [6, 6.07) is 0. The first-order valence-electron chi connectivity index (χ1n) is 5.94. The molecule has 0 aliphatic rings. The number of hydrogen-bond donors (Lipinski definition) is 0. The van der Waals surface area contributed by atoms with Crippen molar-refractivity contribution in [2.75, 3.05) is 0 Å². The molecule has 0 aromatic rings. The van der Waals surface area contributed by atoms with Crippen molar-refractivity contribution in [3.05, 3.63) is 0 Å². The van der Waals surface area contributed by atoms with E-state index >= 15 is 0 Å². The number of carbonyl (C=O) groups excluding carboxylic acids is 2. The molecule has 0 saturated carbocycles. The van der Waals surface area contributed by atoms with Crippen LogP contribution in [0.25, 0.3) is 0 Å². The van der Waals surface area contributed by atoms with Gasteiger partial charge < -0.3 is 19.8 Å². The molecule has 0 aromatic heterocycles. The molecular formula is C12H22O4Zn. The number of aliphatic carboxylic acids is 2. The number of carboxylic acids is 2. The Kier molecular flexibility index (Phi) is 23.0. The van der Waals surface area contributed by atoms with Crippen molar-refractivity contribution in [2.24, 2.45) is 0 Å². The van der Waals surface area contributed by atoms with E-state index in [2.05, 4.69) is 0 Å². The number of carboxylic acid groups (broad SMARTS) is 2. The number of carbonyl (C=O) groups is 2. The summed E-state index contributed by atoms with van der Waals surface area (Å²) in [6.45, 7) is 4.07. The number of hydrogen-bond acceptors (Lipinski definition) is 4. The molecule has 0 amide bonds. The monoisotopic (exact) mass is 294 g/mol. The average Bonchev–Trinajstić information content (AvgIpc) is 2.18. The fraction of sp³-hybridized carbons (Fsp3) is 0.833. The Hall–Kier alpha value is -0.437. The van der Waals surface area contributed by atoms with Crippen LogP contribution in [0, 0.1) is 0 Å². The van der Waals surface area contributed by atoms with Gasteiger partial charge in [-0.1, -0.05) is 39.5 Å². The van der Waals surface area contributed by atoms with Crippen LogP contribution >= 0.6 is 0 Å². The minimum atomic E-state index is -0.932. The topological polar surface area (TPSA) is 80.3 Å². The van der Waals surface area contributed by atoms with Gasteiger partial charge in [0.25, 0.3) is 0 Å². The Morgan fingerprint density at radius 1 is 0.765 bits per heavy atom. The van der Waals surface area contributed by atoms with E-state index in [-0.39, 0.29) is 32.3 Å². The summed E-state index contributed by atoms with van der Waals surface area (Å²) in [4.78, 5) is 19.5. The Labute approximate surface area is 117 Å². The molecule has 0 N–H and O–H groups in total. The van der Waals surface area contributed by atoms with Crippen molar-refractivity contribution in [3.63, 3.8) is 0 Å². The van der Waals surface area contributed by atoms with Crippen molar-refractivity contribution in [2.45, 2.75) is 65.2 Å². The summed E-state index contributed by atoms with van der Waals surface area (Å²) in [5, 5.41) is 19.5. The molecule has 0 aliphatic carbocycles. The number of unbranched alkanes of at least 4 members (excludes halogenated alkanes) is 4. The molecule has 0 spiro atoms. The van der Waals surface area contributed by atoms with Crippen LogP contribution < -0.4 is 10.2 Å². The zero-order valence-corrected chi connectivity index (χ0v) is 14.0. The second-order valence-electron chi connectivity index (χ2n) is 3.66. The van der Waals surface area contributed by atoms with Gasteiger partial charge in [-0.2, -0.15) is 0 Å². The molecule has 0 heterocycles. The second kappa shape index (κ2) is 17.9. The minimum Gasteiger partial charge on any atom is -0.550 e. The average molecular weight is 296 g/mol. The molecule has 0 fully saturated rings. The van der Waals surface area contributed by atoms with Crippen LogP contribution in [0.15, 0.2) is 0 Å². The molecule has 0 unspecified atom stereocenters. The molecule has 96 valence electrons. The third-order valence-electron chi connectivity index (χ3n) is 1.97. The van der Waals surface area contributed by atoms with Crippen molar-refractivity contribution in [1.82, 2.24) is 0 Å². The Morgan fingerprint density at radius 2 is 1.06 bits per heavy atom. The maximum Gasteiger partial charge on any atom is 2.00 e. The summed E-state index contributed by atoms with van der Waals surface area (Å²) in [7, 11) is 0. The van der Waals surface area contributed by atoms with E-state index < -0.39 is 11.9 Å². The maximum absolute atomic E-state index is 9.76. The smallest absolute Gasteiger partial charge is 0.550 e. The first-order chi connectivity index (χ1) is 7.54. The molecule has 0 rings (SSSR count). The van der Waals surface area contributed by atoms with Gasteiger partial charge in [0.1, 0.15) is 0 Å². The van der Waals surface area contributed by atoms with Crippen LogP contribution in [0.1, 0.15) is 65.2 Å². The van der Waals surface area contributed by atoms with Gasteiger partial charge in [-0.15, -0.1) is 0 Å². The van der Waals surface area contributed by atoms with Crippen LogP contribution in [-0.2, 0) is 29.1 Å². The van der Waals surface area contributed by atoms with E-state index in [1.54, 1.807) is 0 Å². The van der Waals surface area contributed by atoms with Gasteiger partial charge in [-0.3, -0.25) is 0 Å². The van der Waals surface area contributed by atoms with E-state index in [9.17, 15) is 19.8 Å². The molecule has 0 radical (unpaired) electrons. The summed E-state index contributed by atoms with van der Waals surface area (Å²) in [6.07, 6.45) is 6.07. The molecule has 0 aromatic carbocycles. The zero-order valence-electron chi connectivity index (χ0n) is 11.0. The fourth-order valence-corrected chi connectivity index (χ4v) is 1.04. The predicted octanol–water partition coefficient (Wildman–Crippen LogP) is 0.631. The molecule has 0 bridgehead atoms. The van der Waals surface area contributed by atoms with Crippen molar-refractivity contribution < 1.29 is 39.3 Å². The molecule has 17 heavy (non-hydrogen) atoms. The molecule has 0 atom stereocenters. The van der Waals surface area contributed by atoms with Gasteiger partial charge in [-0.05, 0) is 25.7 Å². The predicted molar refractivity (Wildman–Crippen MR) is 58.3 cm³/mol. The maximum atomic E-state index is 9.76. The standard InChI is InChI=1S/2C6H12O2.Zn/c2*1-2-3-4-5-6(7)8;/h2*2-5H2,1H3,(H,7,8);/q;;+2/p-2. The van der Waals surface area contributed by atoms with E-state index in [0.29, 0.717) is 0 Å². The summed E-state index contributed by atoms with van der Waals surface area (Å²) >= 11 is 0. The Bertz CT molecular complexity index is 163. The molecule has 0 saturated heterocycles. The quantitative estimate of drug-likeness (QED) is 0.486. The van der Waals surface area contributed by atoms with Crippen molar-refractivity contribution in [1.29, 1.82) is 0 Å². The SMILES string of the molecule is CCCCCC(=O)[O-].CCCCCC(=O)[O-].[Zn+2]. The Morgan fingerprint density at radius 3 is 1.24 bits per heavy atom. The Balaban J connectivity index is -0.000000218. The van der Waals surface area contributed by atoms with E-state index in [1.165, 1.54) is 0 Å². The molecule has 5 heteroatoms. The van der Waals surface area contributed by atoms with Gasteiger partial charge in [0.15, 0.2) is 0 Å². The van der Waals surface area contributed by atoms with E-state index in [1.807, 2.05) is 13.8 Å². The molecule has 4 nitrogen and oxygen atoms in total. The van der Waals surface area contributed by atoms with E-state index in [0.717, 1.165) is 38.5 Å². The zero-order chi connectivity index (χ0) is 12.8. The van der Waals surface area contributed by atoms with Gasteiger partial charge in [-0.25, -0.2) is 0 Å². The van der Waals surface area contributed by atoms with E-state index in [4.69, 9.17) is 0 Å². The fourth-order valence-electron chi connectivity index (χ4n) is 1.04. The first-order valence-corrected chi connectivity index (χ1v) is 5.94. The molecule has 0 aliphatic heterocycles. The summed E-state index contributed by atoms with van der Waals surface area (Å²) in [5.74, 6) is -1.86. The first kappa shape index (κ1) is 21.8. The van der Waals surface area contributed by atoms with Crippen LogP contribution in [0.5, 0.6) is 0 Å². The van der Waals surface area contributed by atoms with Crippen LogP contribution in [0.2, 0.25) is 0 Å². The largest absolute Gasteiger partial charge is 2.00 e. The van der Waals surface area contributed by atoms with Crippen LogP contribution in [0.4, 0.5) is 0 Å². The number of rotatable bonds is 8.